The van der Waals surface area contributed by atoms with Crippen LogP contribution in [0.2, 0.25) is 0 Å². The van der Waals surface area contributed by atoms with Crippen molar-refractivity contribution in [2.24, 2.45) is 0 Å². The number of hydrogen-bond acceptors (Lipinski definition) is 8. The van der Waals surface area contributed by atoms with Gasteiger partial charge in [-0.25, -0.2) is 0 Å². The molecule has 16 heteroatoms. The maximum absolute atomic E-state index is 15.0. The molecular formula is C17H17F7N6O3. The first-order valence-electron chi connectivity index (χ1n) is 9.75. The summed E-state index contributed by atoms with van der Waals surface area (Å²) in [6.07, 6.45) is -10.4. The van der Waals surface area contributed by atoms with Crippen molar-refractivity contribution in [3.05, 3.63) is 27.9 Å². The highest BCUT2D eigenvalue weighted by Gasteiger charge is 2.47. The van der Waals surface area contributed by atoms with Crippen LogP contribution in [0.1, 0.15) is 31.1 Å². The van der Waals surface area contributed by atoms with Gasteiger partial charge >= 0.3 is 12.4 Å². The number of ether oxygens (including phenoxy) is 1. The molecular weight excluding hydrogens is 469 g/mol. The van der Waals surface area contributed by atoms with Crippen molar-refractivity contribution in [2.45, 2.75) is 44.3 Å². The number of alkyl halides is 6. The van der Waals surface area contributed by atoms with Gasteiger partial charge in [0.2, 0.25) is 17.7 Å². The molecule has 2 atom stereocenters. The maximum atomic E-state index is 15.0. The fourth-order valence-electron chi connectivity index (χ4n) is 3.79. The van der Waals surface area contributed by atoms with Gasteiger partial charge in [0.1, 0.15) is 12.6 Å². The minimum absolute atomic E-state index is 0.134. The summed E-state index contributed by atoms with van der Waals surface area (Å²) in [7, 11) is 0. The van der Waals surface area contributed by atoms with Crippen LogP contribution in [0.15, 0.2) is 9.32 Å². The van der Waals surface area contributed by atoms with Crippen molar-refractivity contribution in [1.82, 2.24) is 19.7 Å². The molecule has 1 saturated heterocycles. The smallest absolute Gasteiger partial charge is 0.377 e. The molecule has 2 aliphatic heterocycles. The van der Waals surface area contributed by atoms with Gasteiger partial charge < -0.3 is 19.1 Å². The summed E-state index contributed by atoms with van der Waals surface area (Å²) in [6, 6.07) is -2.79. The van der Waals surface area contributed by atoms with Crippen LogP contribution in [0.25, 0.3) is 0 Å². The average Bonchev–Trinajstić information content (AvgIpc) is 3.20. The Hall–Kier alpha value is -2.91. The van der Waals surface area contributed by atoms with E-state index in [4.69, 9.17) is 4.74 Å². The molecule has 0 amide bonds. The van der Waals surface area contributed by atoms with Crippen molar-refractivity contribution in [3.63, 3.8) is 0 Å². The summed E-state index contributed by atoms with van der Waals surface area (Å²) in [5, 5.41) is 2.81. The minimum atomic E-state index is -4.89. The van der Waals surface area contributed by atoms with E-state index >= 15 is 0 Å². The second-order valence-electron chi connectivity index (χ2n) is 7.62. The third-order valence-corrected chi connectivity index (χ3v) is 5.36. The molecule has 0 spiro atoms. The van der Waals surface area contributed by atoms with Crippen LogP contribution in [0, 0.1) is 5.82 Å². The fraction of sp³-hybridized carbons (Fsp3) is 0.647. The van der Waals surface area contributed by atoms with Crippen molar-refractivity contribution in [3.8, 4) is 0 Å². The number of halogens is 7. The molecule has 1 fully saturated rings. The highest BCUT2D eigenvalue weighted by molar-refractivity contribution is 5.48. The van der Waals surface area contributed by atoms with E-state index in [9.17, 15) is 35.5 Å². The fourth-order valence-corrected chi connectivity index (χ4v) is 3.79. The summed E-state index contributed by atoms with van der Waals surface area (Å²) in [5.74, 6) is -4.60. The summed E-state index contributed by atoms with van der Waals surface area (Å²) in [6.45, 7) is 1.23. The Labute approximate surface area is 180 Å². The van der Waals surface area contributed by atoms with E-state index in [-0.39, 0.29) is 30.9 Å². The van der Waals surface area contributed by atoms with E-state index in [0.29, 0.717) is 0 Å². The van der Waals surface area contributed by atoms with E-state index in [1.165, 1.54) is 4.90 Å². The van der Waals surface area contributed by atoms with Crippen molar-refractivity contribution >= 4 is 11.8 Å². The first-order valence-corrected chi connectivity index (χ1v) is 9.75. The van der Waals surface area contributed by atoms with Crippen molar-refractivity contribution in [2.75, 3.05) is 36.1 Å². The highest BCUT2D eigenvalue weighted by Crippen LogP contribution is 2.39. The van der Waals surface area contributed by atoms with Gasteiger partial charge in [0.25, 0.3) is 11.4 Å². The molecule has 2 aromatic heterocycles. The Balaban J connectivity index is 1.79. The molecule has 0 N–H and O–H groups in total. The normalized spacial score (nSPS) is 21.9. The largest absolute Gasteiger partial charge is 0.455 e. The van der Waals surface area contributed by atoms with Crippen LogP contribution in [0.4, 0.5) is 42.5 Å². The third-order valence-electron chi connectivity index (χ3n) is 5.36. The Morgan fingerprint density at radius 2 is 1.85 bits per heavy atom. The number of aromatic nitrogens is 4. The van der Waals surface area contributed by atoms with Gasteiger partial charge in [0.05, 0.1) is 19.3 Å². The van der Waals surface area contributed by atoms with E-state index in [0.717, 1.165) is 4.90 Å². The van der Waals surface area contributed by atoms with Crippen LogP contribution in [-0.4, -0.2) is 58.2 Å². The maximum Gasteiger partial charge on any atom is 0.455 e. The second kappa shape index (κ2) is 8.14. The van der Waals surface area contributed by atoms with Crippen LogP contribution in [0.5, 0.6) is 0 Å². The number of nitrogens with zero attached hydrogens (tertiary/aromatic N) is 6. The van der Waals surface area contributed by atoms with E-state index in [2.05, 4.69) is 19.6 Å². The predicted octanol–water partition coefficient (Wildman–Crippen LogP) is 2.52. The van der Waals surface area contributed by atoms with E-state index in [1.54, 1.807) is 6.92 Å². The van der Waals surface area contributed by atoms with Crippen LogP contribution >= 0.6 is 0 Å². The lowest BCUT2D eigenvalue weighted by atomic mass is 10.1. The first kappa shape index (κ1) is 23.3. The lowest BCUT2D eigenvalue weighted by molar-refractivity contribution is -0.171. The minimum Gasteiger partial charge on any atom is -0.377 e. The molecule has 0 bridgehead atoms. The van der Waals surface area contributed by atoms with Gasteiger partial charge in [-0.2, -0.15) is 40.7 Å². The van der Waals surface area contributed by atoms with Gasteiger partial charge in [-0.3, -0.25) is 9.36 Å². The molecule has 2 aliphatic rings. The Kier molecular flexibility index (Phi) is 5.74. The summed E-state index contributed by atoms with van der Waals surface area (Å²) < 4.78 is 104. The predicted molar refractivity (Wildman–Crippen MR) is 96.1 cm³/mol. The SMILES string of the molecule is CC1COCCN1c1nc2n(c(=O)c1F)C(C(F)(F)F)CCN2Cc1nc(C(F)(F)F)no1. The molecule has 182 valence electrons. The number of anilines is 2. The van der Waals surface area contributed by atoms with Gasteiger partial charge in [-0.1, -0.05) is 5.16 Å². The molecule has 2 aromatic rings. The molecule has 4 heterocycles. The van der Waals surface area contributed by atoms with Gasteiger partial charge in [0.15, 0.2) is 5.82 Å². The van der Waals surface area contributed by atoms with Crippen LogP contribution in [0.3, 0.4) is 0 Å². The Bertz CT molecular complexity index is 1080. The number of morpholine rings is 1. The van der Waals surface area contributed by atoms with Crippen molar-refractivity contribution in [1.29, 1.82) is 0 Å². The monoisotopic (exact) mass is 486 g/mol. The van der Waals surface area contributed by atoms with Gasteiger partial charge in [0, 0.05) is 13.1 Å². The summed E-state index contributed by atoms with van der Waals surface area (Å²) >= 11 is 0. The molecule has 4 rings (SSSR count). The summed E-state index contributed by atoms with van der Waals surface area (Å²) in [5.41, 5.74) is -1.54. The molecule has 0 aromatic carbocycles. The standard InChI is InChI=1S/C17H17F7N6O3/c1-8-7-32-5-4-29(8)12-11(18)13(31)30-9(16(19,20)21)2-3-28(15(30)26-12)6-10-25-14(27-33-10)17(22,23)24/h8-9H,2-7H2,1H3. The van der Waals surface area contributed by atoms with Gasteiger partial charge in [-0.05, 0) is 13.3 Å². The molecule has 0 radical (unpaired) electrons. The lowest BCUT2D eigenvalue weighted by Gasteiger charge is -2.38. The van der Waals surface area contributed by atoms with Crippen LogP contribution in [-0.2, 0) is 17.5 Å². The summed E-state index contributed by atoms with van der Waals surface area (Å²) in [4.78, 5) is 22.4. The van der Waals surface area contributed by atoms with Crippen LogP contribution < -0.4 is 15.4 Å². The topological polar surface area (TPSA) is 89.5 Å². The van der Waals surface area contributed by atoms with E-state index < -0.39 is 72.3 Å². The lowest BCUT2D eigenvalue weighted by Crippen LogP contribution is -2.49. The van der Waals surface area contributed by atoms with Gasteiger partial charge in [-0.15, -0.1) is 0 Å². The second-order valence-corrected chi connectivity index (χ2v) is 7.62. The first-order chi connectivity index (χ1) is 15.4. The van der Waals surface area contributed by atoms with Crippen molar-refractivity contribution < 1.29 is 40.0 Å². The average molecular weight is 486 g/mol. The molecule has 2 unspecified atom stereocenters. The zero-order chi connectivity index (χ0) is 24.1. The quantitative estimate of drug-likeness (QED) is 0.612. The number of fused-ring (bicyclic) bond motifs is 1. The third kappa shape index (κ3) is 4.35. The zero-order valence-electron chi connectivity index (χ0n) is 17.0. The highest BCUT2D eigenvalue weighted by atomic mass is 19.4. The molecule has 0 aliphatic carbocycles. The number of rotatable bonds is 3. The molecule has 33 heavy (non-hydrogen) atoms. The molecule has 9 nitrogen and oxygen atoms in total. The van der Waals surface area contributed by atoms with E-state index in [1.807, 2.05) is 0 Å². The molecule has 0 saturated carbocycles. The number of hydrogen-bond donors (Lipinski definition) is 0. The zero-order valence-corrected chi connectivity index (χ0v) is 17.0. The Morgan fingerprint density at radius 1 is 1.12 bits per heavy atom. The Morgan fingerprint density at radius 3 is 2.45 bits per heavy atom.